The van der Waals surface area contributed by atoms with Crippen LogP contribution in [0.4, 0.5) is 0 Å². The molecule has 2 nitrogen and oxygen atoms in total. The molecule has 0 unspecified atom stereocenters. The lowest BCUT2D eigenvalue weighted by Crippen LogP contribution is -2.00. The summed E-state index contributed by atoms with van der Waals surface area (Å²) in [5, 5.41) is 0. The molecule has 0 saturated carbocycles. The van der Waals surface area contributed by atoms with Gasteiger partial charge in [0.25, 0.3) is 0 Å². The fourth-order valence-corrected chi connectivity index (χ4v) is 1.82. The van der Waals surface area contributed by atoms with Crippen molar-refractivity contribution < 1.29 is 9.53 Å². The van der Waals surface area contributed by atoms with Gasteiger partial charge in [0.05, 0.1) is 13.5 Å². The van der Waals surface area contributed by atoms with Gasteiger partial charge >= 0.3 is 5.97 Å². The van der Waals surface area contributed by atoms with Gasteiger partial charge in [0, 0.05) is 0 Å². The first-order valence-corrected chi connectivity index (χ1v) is 6.93. The monoisotopic (exact) mass is 240 g/mol. The standard InChI is InChI=1S/C15H28O2/c1-4-5-6-7-8-9-10-11-12-14(2)13-15(16)17-3/h12H,4-11,13H2,1-3H3/b14-12-. The third-order valence-corrected chi connectivity index (χ3v) is 2.95. The highest BCUT2D eigenvalue weighted by atomic mass is 16.5. The van der Waals surface area contributed by atoms with E-state index < -0.39 is 0 Å². The fraction of sp³-hybridized carbons (Fsp3) is 0.800. The molecule has 0 aromatic rings. The van der Waals surface area contributed by atoms with Crippen LogP contribution >= 0.6 is 0 Å². The third kappa shape index (κ3) is 11.5. The lowest BCUT2D eigenvalue weighted by atomic mass is 10.1. The highest BCUT2D eigenvalue weighted by Gasteiger charge is 2.00. The molecule has 0 fully saturated rings. The SMILES string of the molecule is CCCCCCCCC/C=C(/C)CC(=O)OC. The minimum Gasteiger partial charge on any atom is -0.469 e. The maximum atomic E-state index is 11.0. The van der Waals surface area contributed by atoms with Gasteiger partial charge < -0.3 is 4.74 Å². The Morgan fingerprint density at radius 1 is 1.06 bits per heavy atom. The molecule has 0 N–H and O–H groups in total. The predicted octanol–water partition coefficient (Wildman–Crippen LogP) is 4.64. The van der Waals surface area contributed by atoms with Crippen molar-refractivity contribution >= 4 is 5.97 Å². The smallest absolute Gasteiger partial charge is 0.309 e. The first kappa shape index (κ1) is 16.2. The first-order chi connectivity index (χ1) is 8.20. The maximum Gasteiger partial charge on any atom is 0.309 e. The number of ether oxygens (including phenoxy) is 1. The zero-order valence-corrected chi connectivity index (χ0v) is 11.8. The molecule has 0 radical (unpaired) electrons. The highest BCUT2D eigenvalue weighted by Crippen LogP contribution is 2.10. The van der Waals surface area contributed by atoms with Crippen molar-refractivity contribution in [3.05, 3.63) is 11.6 Å². The van der Waals surface area contributed by atoms with E-state index in [2.05, 4.69) is 17.7 Å². The molecule has 2 heteroatoms. The molecule has 0 spiro atoms. The van der Waals surface area contributed by atoms with Gasteiger partial charge in [0.2, 0.25) is 0 Å². The molecule has 17 heavy (non-hydrogen) atoms. The van der Waals surface area contributed by atoms with Crippen molar-refractivity contribution in [3.63, 3.8) is 0 Å². The Hall–Kier alpha value is -0.790. The number of unbranched alkanes of at least 4 members (excludes halogenated alkanes) is 7. The van der Waals surface area contributed by atoms with E-state index in [4.69, 9.17) is 0 Å². The summed E-state index contributed by atoms with van der Waals surface area (Å²) in [6.45, 7) is 4.24. The molecule has 0 aromatic carbocycles. The number of carbonyl (C=O) groups is 1. The molecule has 100 valence electrons. The molecular weight excluding hydrogens is 212 g/mol. The molecule has 0 amide bonds. The van der Waals surface area contributed by atoms with Crippen molar-refractivity contribution in [2.75, 3.05) is 7.11 Å². The Labute approximate surface area is 106 Å². The van der Waals surface area contributed by atoms with E-state index in [1.54, 1.807) is 0 Å². The van der Waals surface area contributed by atoms with Gasteiger partial charge in [-0.1, -0.05) is 57.1 Å². The summed E-state index contributed by atoms with van der Waals surface area (Å²) < 4.78 is 4.62. The normalized spacial score (nSPS) is 11.6. The van der Waals surface area contributed by atoms with E-state index in [1.807, 2.05) is 6.92 Å². The summed E-state index contributed by atoms with van der Waals surface area (Å²) in [7, 11) is 1.44. The van der Waals surface area contributed by atoms with Crippen LogP contribution in [0.15, 0.2) is 11.6 Å². The maximum absolute atomic E-state index is 11.0. The Balaban J connectivity index is 3.36. The molecule has 0 bridgehead atoms. The van der Waals surface area contributed by atoms with Crippen LogP contribution in [0.5, 0.6) is 0 Å². The van der Waals surface area contributed by atoms with Crippen molar-refractivity contribution in [1.29, 1.82) is 0 Å². The second-order valence-electron chi connectivity index (χ2n) is 4.71. The van der Waals surface area contributed by atoms with Crippen molar-refractivity contribution in [1.82, 2.24) is 0 Å². The van der Waals surface area contributed by atoms with Crippen LogP contribution in [0.1, 0.15) is 71.6 Å². The molecule has 0 saturated heterocycles. The second kappa shape index (κ2) is 11.7. The zero-order valence-electron chi connectivity index (χ0n) is 11.8. The van der Waals surface area contributed by atoms with Crippen LogP contribution in [0.3, 0.4) is 0 Å². The van der Waals surface area contributed by atoms with E-state index in [0.717, 1.165) is 12.0 Å². The minimum absolute atomic E-state index is 0.140. The summed E-state index contributed by atoms with van der Waals surface area (Å²) in [6.07, 6.45) is 13.0. The summed E-state index contributed by atoms with van der Waals surface area (Å²) in [6, 6.07) is 0. The lowest BCUT2D eigenvalue weighted by molar-refractivity contribution is -0.139. The quantitative estimate of drug-likeness (QED) is 0.316. The Morgan fingerprint density at radius 3 is 2.24 bits per heavy atom. The van der Waals surface area contributed by atoms with Crippen molar-refractivity contribution in [2.45, 2.75) is 71.6 Å². The third-order valence-electron chi connectivity index (χ3n) is 2.95. The molecule has 0 aliphatic heterocycles. The summed E-state index contributed by atoms with van der Waals surface area (Å²) in [4.78, 5) is 11.0. The predicted molar refractivity (Wildman–Crippen MR) is 73.0 cm³/mol. The van der Waals surface area contributed by atoms with E-state index in [0.29, 0.717) is 6.42 Å². The second-order valence-corrected chi connectivity index (χ2v) is 4.71. The lowest BCUT2D eigenvalue weighted by Gasteiger charge is -2.01. The average molecular weight is 240 g/mol. The molecule has 0 heterocycles. The van der Waals surface area contributed by atoms with Gasteiger partial charge in [-0.2, -0.15) is 0 Å². The number of allylic oxidation sites excluding steroid dienone is 1. The fourth-order valence-electron chi connectivity index (χ4n) is 1.82. The largest absolute Gasteiger partial charge is 0.469 e. The van der Waals surface area contributed by atoms with E-state index in [9.17, 15) is 4.79 Å². The van der Waals surface area contributed by atoms with Gasteiger partial charge in [-0.15, -0.1) is 0 Å². The van der Waals surface area contributed by atoms with Crippen LogP contribution in [-0.4, -0.2) is 13.1 Å². The van der Waals surface area contributed by atoms with Gasteiger partial charge in [-0.3, -0.25) is 4.79 Å². The number of rotatable bonds is 10. The van der Waals surface area contributed by atoms with Crippen molar-refractivity contribution in [2.24, 2.45) is 0 Å². The van der Waals surface area contributed by atoms with E-state index in [-0.39, 0.29) is 5.97 Å². The molecular formula is C15H28O2. The number of hydrogen-bond donors (Lipinski definition) is 0. The number of hydrogen-bond acceptors (Lipinski definition) is 2. The van der Waals surface area contributed by atoms with Crippen LogP contribution in [0, 0.1) is 0 Å². The van der Waals surface area contributed by atoms with Gasteiger partial charge in [0.15, 0.2) is 0 Å². The number of esters is 1. The summed E-state index contributed by atoms with van der Waals surface area (Å²) in [5.41, 5.74) is 1.13. The summed E-state index contributed by atoms with van der Waals surface area (Å²) >= 11 is 0. The average Bonchev–Trinajstić information content (AvgIpc) is 2.32. The Morgan fingerprint density at radius 2 is 1.65 bits per heavy atom. The van der Waals surface area contributed by atoms with E-state index >= 15 is 0 Å². The highest BCUT2D eigenvalue weighted by molar-refractivity contribution is 5.71. The van der Waals surface area contributed by atoms with Crippen LogP contribution < -0.4 is 0 Å². The first-order valence-electron chi connectivity index (χ1n) is 6.93. The number of carbonyl (C=O) groups excluding carboxylic acids is 1. The molecule has 0 aromatic heterocycles. The minimum atomic E-state index is -0.140. The van der Waals surface area contributed by atoms with Gasteiger partial charge in [0.1, 0.15) is 0 Å². The zero-order chi connectivity index (χ0) is 12.9. The van der Waals surface area contributed by atoms with Gasteiger partial charge in [-0.05, 0) is 19.8 Å². The van der Waals surface area contributed by atoms with Gasteiger partial charge in [-0.25, -0.2) is 0 Å². The molecule has 0 rings (SSSR count). The number of methoxy groups -OCH3 is 1. The Kier molecular flexibility index (Phi) is 11.1. The van der Waals surface area contributed by atoms with Crippen LogP contribution in [0.25, 0.3) is 0 Å². The topological polar surface area (TPSA) is 26.3 Å². The molecule has 0 aliphatic carbocycles. The Bertz CT molecular complexity index is 219. The van der Waals surface area contributed by atoms with E-state index in [1.165, 1.54) is 52.1 Å². The van der Waals surface area contributed by atoms with Crippen LogP contribution in [0.2, 0.25) is 0 Å². The molecule has 0 atom stereocenters. The summed E-state index contributed by atoms with van der Waals surface area (Å²) in [5.74, 6) is -0.140. The van der Waals surface area contributed by atoms with Crippen molar-refractivity contribution in [3.8, 4) is 0 Å². The van der Waals surface area contributed by atoms with Crippen LogP contribution in [-0.2, 0) is 9.53 Å². The molecule has 0 aliphatic rings.